The van der Waals surface area contributed by atoms with Crippen molar-refractivity contribution < 1.29 is 18.7 Å². The number of fused-ring (bicyclic) bond motifs is 1. The molecule has 2 aromatic rings. The van der Waals surface area contributed by atoms with Gasteiger partial charge < -0.3 is 19.4 Å². The molecule has 1 fully saturated rings. The number of hydrogen-bond donors (Lipinski definition) is 1. The minimum atomic E-state index is -0.328. The zero-order chi connectivity index (χ0) is 20.6. The van der Waals surface area contributed by atoms with Gasteiger partial charge in [-0.05, 0) is 38.0 Å². The van der Waals surface area contributed by atoms with Crippen LogP contribution in [-0.2, 0) is 4.79 Å². The van der Waals surface area contributed by atoms with Crippen LogP contribution in [0.25, 0.3) is 0 Å². The first kappa shape index (κ1) is 19.6. The number of nitrogens with one attached hydrogen (secondary N) is 1. The van der Waals surface area contributed by atoms with Gasteiger partial charge in [-0.15, -0.1) is 0 Å². The minimum Gasteiger partial charge on any atom is -0.487 e. The van der Waals surface area contributed by atoms with Crippen molar-refractivity contribution in [3.05, 3.63) is 53.0 Å². The summed E-state index contributed by atoms with van der Waals surface area (Å²) >= 11 is 0. The lowest BCUT2D eigenvalue weighted by molar-refractivity contribution is -0.121. The molecule has 1 spiro atoms. The van der Waals surface area contributed by atoms with Crippen molar-refractivity contribution in [1.82, 2.24) is 10.2 Å². The van der Waals surface area contributed by atoms with Crippen molar-refractivity contribution in [3.63, 3.8) is 0 Å². The average Bonchev–Trinajstić information content (AvgIpc) is 3.06. The molecule has 1 atom stereocenters. The third kappa shape index (κ3) is 3.76. The zero-order valence-corrected chi connectivity index (χ0v) is 17.3. The summed E-state index contributed by atoms with van der Waals surface area (Å²) in [5.41, 5.74) is 1.42. The number of aryl methyl sites for hydroxylation is 2. The van der Waals surface area contributed by atoms with Crippen molar-refractivity contribution in [3.8, 4) is 5.75 Å². The van der Waals surface area contributed by atoms with Gasteiger partial charge in [0.25, 0.3) is 5.91 Å². The fraction of sp³-hybridized carbons (Fsp3) is 0.478. The van der Waals surface area contributed by atoms with Gasteiger partial charge in [0.05, 0.1) is 5.56 Å². The molecule has 154 valence electrons. The van der Waals surface area contributed by atoms with Crippen LogP contribution in [0.15, 0.2) is 34.7 Å². The van der Waals surface area contributed by atoms with Crippen LogP contribution in [0.1, 0.15) is 59.0 Å². The van der Waals surface area contributed by atoms with E-state index in [1.807, 2.05) is 43.0 Å². The van der Waals surface area contributed by atoms with Gasteiger partial charge in [0.1, 0.15) is 22.9 Å². The number of carbonyl (C=O) groups is 2. The summed E-state index contributed by atoms with van der Waals surface area (Å²) in [6.07, 6.45) is 2.76. The maximum atomic E-state index is 12.9. The standard InChI is InChI=1S/C23H28N2O4/c1-15-12-19(16(2)28-15)22(27)25-10-8-23(9-11-25)14-17(13-21(26)24-3)18-6-4-5-7-20(18)29-23/h4-7,12,17H,8-11,13-14H2,1-3H3,(H,24,26). The van der Waals surface area contributed by atoms with Crippen molar-refractivity contribution in [1.29, 1.82) is 0 Å². The molecule has 0 radical (unpaired) electrons. The molecule has 1 aromatic heterocycles. The Morgan fingerprint density at radius 1 is 1.21 bits per heavy atom. The molecule has 0 bridgehead atoms. The first-order valence-electron chi connectivity index (χ1n) is 10.3. The Hall–Kier alpha value is -2.76. The van der Waals surface area contributed by atoms with E-state index in [1.165, 1.54) is 0 Å². The number of benzene rings is 1. The quantitative estimate of drug-likeness (QED) is 0.861. The van der Waals surface area contributed by atoms with Crippen LogP contribution in [0.2, 0.25) is 0 Å². The third-order valence-corrected chi connectivity index (χ3v) is 6.25. The molecule has 29 heavy (non-hydrogen) atoms. The number of carbonyl (C=O) groups excluding carboxylic acids is 2. The van der Waals surface area contributed by atoms with Gasteiger partial charge >= 0.3 is 0 Å². The van der Waals surface area contributed by atoms with E-state index in [0.717, 1.165) is 36.3 Å². The molecule has 1 unspecified atom stereocenters. The smallest absolute Gasteiger partial charge is 0.257 e. The van der Waals surface area contributed by atoms with Gasteiger partial charge in [0.15, 0.2) is 0 Å². The highest BCUT2D eigenvalue weighted by atomic mass is 16.5. The van der Waals surface area contributed by atoms with E-state index < -0.39 is 0 Å². The molecule has 6 nitrogen and oxygen atoms in total. The zero-order valence-electron chi connectivity index (χ0n) is 17.3. The van der Waals surface area contributed by atoms with Crippen LogP contribution < -0.4 is 10.1 Å². The summed E-state index contributed by atoms with van der Waals surface area (Å²) < 4.78 is 12.0. The Kier molecular flexibility index (Phi) is 5.11. The number of likely N-dealkylation sites (tertiary alicyclic amines) is 1. The van der Waals surface area contributed by atoms with E-state index >= 15 is 0 Å². The van der Waals surface area contributed by atoms with Gasteiger partial charge in [-0.3, -0.25) is 9.59 Å². The number of ether oxygens (including phenoxy) is 1. The van der Waals surface area contributed by atoms with E-state index in [2.05, 4.69) is 11.4 Å². The lowest BCUT2D eigenvalue weighted by atomic mass is 9.76. The van der Waals surface area contributed by atoms with Gasteiger partial charge in [0, 0.05) is 45.3 Å². The summed E-state index contributed by atoms with van der Waals surface area (Å²) in [4.78, 5) is 26.9. The second kappa shape index (κ2) is 7.58. The van der Waals surface area contributed by atoms with E-state index in [-0.39, 0.29) is 23.3 Å². The number of piperidine rings is 1. The van der Waals surface area contributed by atoms with Crippen molar-refractivity contribution in [2.75, 3.05) is 20.1 Å². The highest BCUT2D eigenvalue weighted by Gasteiger charge is 2.44. The van der Waals surface area contributed by atoms with Gasteiger partial charge in [-0.1, -0.05) is 18.2 Å². The van der Waals surface area contributed by atoms with Crippen LogP contribution >= 0.6 is 0 Å². The highest BCUT2D eigenvalue weighted by Crippen LogP contribution is 2.46. The number of hydrogen-bond acceptors (Lipinski definition) is 4. The predicted molar refractivity (Wildman–Crippen MR) is 109 cm³/mol. The minimum absolute atomic E-state index is 0.0207. The van der Waals surface area contributed by atoms with Crippen LogP contribution in [0.5, 0.6) is 5.75 Å². The van der Waals surface area contributed by atoms with Crippen LogP contribution in [0, 0.1) is 13.8 Å². The van der Waals surface area contributed by atoms with Gasteiger partial charge in [-0.25, -0.2) is 0 Å². The lowest BCUT2D eigenvalue weighted by Crippen LogP contribution is -2.52. The Morgan fingerprint density at radius 2 is 1.93 bits per heavy atom. The number of furan rings is 1. The molecule has 0 saturated carbocycles. The first-order chi connectivity index (χ1) is 13.9. The molecule has 0 aliphatic carbocycles. The summed E-state index contributed by atoms with van der Waals surface area (Å²) in [6.45, 7) is 4.96. The Balaban J connectivity index is 1.51. The monoisotopic (exact) mass is 396 g/mol. The Bertz CT molecular complexity index is 925. The molecular weight excluding hydrogens is 368 g/mol. The SMILES string of the molecule is CNC(=O)CC1CC2(CCN(C(=O)c3cc(C)oc3C)CC2)Oc2ccccc21. The molecule has 6 heteroatoms. The molecule has 1 aromatic carbocycles. The van der Waals surface area contributed by atoms with Gasteiger partial charge in [-0.2, -0.15) is 0 Å². The second-order valence-corrected chi connectivity index (χ2v) is 8.22. The maximum Gasteiger partial charge on any atom is 0.257 e. The summed E-state index contributed by atoms with van der Waals surface area (Å²) in [7, 11) is 1.67. The number of amides is 2. The molecular formula is C23H28N2O4. The molecule has 2 amide bonds. The Morgan fingerprint density at radius 3 is 2.59 bits per heavy atom. The molecule has 1 N–H and O–H groups in total. The summed E-state index contributed by atoms with van der Waals surface area (Å²) in [5.74, 6) is 2.48. The van der Waals surface area contributed by atoms with Crippen molar-refractivity contribution in [2.45, 2.75) is 51.0 Å². The van der Waals surface area contributed by atoms with Crippen molar-refractivity contribution in [2.24, 2.45) is 0 Å². The molecule has 3 heterocycles. The van der Waals surface area contributed by atoms with Crippen LogP contribution in [0.3, 0.4) is 0 Å². The third-order valence-electron chi connectivity index (χ3n) is 6.25. The lowest BCUT2D eigenvalue weighted by Gasteiger charge is -2.46. The predicted octanol–water partition coefficient (Wildman–Crippen LogP) is 3.57. The van der Waals surface area contributed by atoms with Crippen molar-refractivity contribution >= 4 is 11.8 Å². The molecule has 4 rings (SSSR count). The van der Waals surface area contributed by atoms with E-state index in [9.17, 15) is 9.59 Å². The second-order valence-electron chi connectivity index (χ2n) is 8.22. The van der Waals surface area contributed by atoms with E-state index in [4.69, 9.17) is 9.15 Å². The number of para-hydroxylation sites is 1. The summed E-state index contributed by atoms with van der Waals surface area (Å²) in [5, 5.41) is 2.74. The van der Waals surface area contributed by atoms with Crippen LogP contribution in [-0.4, -0.2) is 42.5 Å². The molecule has 2 aliphatic rings. The van der Waals surface area contributed by atoms with Gasteiger partial charge in [0.2, 0.25) is 5.91 Å². The van der Waals surface area contributed by atoms with E-state index in [1.54, 1.807) is 7.05 Å². The van der Waals surface area contributed by atoms with Crippen LogP contribution in [0.4, 0.5) is 0 Å². The summed E-state index contributed by atoms with van der Waals surface area (Å²) in [6, 6.07) is 9.82. The maximum absolute atomic E-state index is 12.9. The normalized spacial score (nSPS) is 20.1. The first-order valence-corrected chi connectivity index (χ1v) is 10.3. The fourth-order valence-corrected chi connectivity index (χ4v) is 4.69. The number of rotatable bonds is 3. The average molecular weight is 396 g/mol. The largest absolute Gasteiger partial charge is 0.487 e. The van der Waals surface area contributed by atoms with E-state index in [0.29, 0.717) is 30.8 Å². The topological polar surface area (TPSA) is 71.8 Å². The fourth-order valence-electron chi connectivity index (χ4n) is 4.69. The molecule has 1 saturated heterocycles. The number of nitrogens with zero attached hydrogens (tertiary/aromatic N) is 1. The Labute approximate surface area is 171 Å². The molecule has 2 aliphatic heterocycles. The highest BCUT2D eigenvalue weighted by molar-refractivity contribution is 5.95.